The van der Waals surface area contributed by atoms with Crippen LogP contribution in [0.2, 0.25) is 0 Å². The minimum Gasteiger partial charge on any atom is -0.489 e. The first-order valence-electron chi connectivity index (χ1n) is 10.7. The van der Waals surface area contributed by atoms with Gasteiger partial charge in [-0.3, -0.25) is 0 Å². The van der Waals surface area contributed by atoms with E-state index in [9.17, 15) is 9.18 Å². The largest absolute Gasteiger partial charge is 0.489 e. The van der Waals surface area contributed by atoms with Gasteiger partial charge in [-0.15, -0.1) is 10.2 Å². The summed E-state index contributed by atoms with van der Waals surface area (Å²) in [7, 11) is 0. The van der Waals surface area contributed by atoms with E-state index in [1.54, 1.807) is 19.9 Å². The first-order chi connectivity index (χ1) is 16.3. The van der Waals surface area contributed by atoms with Crippen LogP contribution in [0.1, 0.15) is 32.6 Å². The molecule has 0 radical (unpaired) electrons. The summed E-state index contributed by atoms with van der Waals surface area (Å²) in [6, 6.07) is 4.41. The fourth-order valence-corrected chi connectivity index (χ4v) is 4.94. The van der Waals surface area contributed by atoms with Crippen molar-refractivity contribution in [1.82, 2.24) is 20.3 Å². The monoisotopic (exact) mass is 553 g/mol. The second-order valence-corrected chi connectivity index (χ2v) is 10.2. The molecule has 2 aliphatic rings. The molecule has 3 aromatic rings. The van der Waals surface area contributed by atoms with E-state index in [2.05, 4.69) is 41.2 Å². The van der Waals surface area contributed by atoms with Crippen LogP contribution >= 0.6 is 27.3 Å². The Bertz CT molecular complexity index is 1200. The second kappa shape index (κ2) is 9.19. The maximum atomic E-state index is 13.5. The van der Waals surface area contributed by atoms with Crippen LogP contribution < -0.4 is 9.64 Å². The van der Waals surface area contributed by atoms with E-state index in [-0.39, 0.29) is 24.2 Å². The number of nitrogens with zero attached hydrogens (tertiary/aromatic N) is 5. The van der Waals surface area contributed by atoms with E-state index < -0.39 is 17.9 Å². The smallest absolute Gasteiger partial charge is 0.338 e. The van der Waals surface area contributed by atoms with Crippen molar-refractivity contribution in [2.75, 3.05) is 18.0 Å². The predicted molar refractivity (Wildman–Crippen MR) is 122 cm³/mol. The van der Waals surface area contributed by atoms with Gasteiger partial charge >= 0.3 is 5.97 Å². The number of carbonyl (C=O) groups excluding carboxylic acids is 1. The number of piperidine rings is 1. The van der Waals surface area contributed by atoms with E-state index in [1.165, 1.54) is 23.5 Å². The van der Waals surface area contributed by atoms with Crippen LogP contribution in [0.3, 0.4) is 0 Å². The third-order valence-corrected chi connectivity index (χ3v) is 7.00. The van der Waals surface area contributed by atoms with Crippen LogP contribution in [0.25, 0.3) is 10.8 Å². The molecule has 34 heavy (non-hydrogen) atoms. The van der Waals surface area contributed by atoms with Gasteiger partial charge in [0, 0.05) is 45.8 Å². The standard InChI is InChI=1S/C21H21BrFN5O5S/c1-21(2)31-15(19(29)32-21)10-16-24-17(27-33-16)18-25-26-20(34-18)28-7-5-12(6-8-28)30-14-9-11(23)3-4-13(14)22/h3-4,9,12,15H,5-8,10H2,1-2H3/t15-/m1/s1. The lowest BCUT2D eigenvalue weighted by atomic mass is 10.1. The molecule has 0 aliphatic carbocycles. The molecule has 180 valence electrons. The van der Waals surface area contributed by atoms with E-state index in [0.29, 0.717) is 16.6 Å². The first kappa shape index (κ1) is 23.1. The predicted octanol–water partition coefficient (Wildman–Crippen LogP) is 3.76. The van der Waals surface area contributed by atoms with Crippen molar-refractivity contribution < 1.29 is 27.9 Å². The minimum atomic E-state index is -0.967. The van der Waals surface area contributed by atoms with Gasteiger partial charge in [0.05, 0.1) is 10.9 Å². The fourth-order valence-electron chi connectivity index (χ4n) is 3.78. The number of halogens is 2. The number of hydrogen-bond donors (Lipinski definition) is 0. The first-order valence-corrected chi connectivity index (χ1v) is 12.3. The minimum absolute atomic E-state index is 0.0176. The highest BCUT2D eigenvalue weighted by Gasteiger charge is 2.42. The molecule has 0 bridgehead atoms. The summed E-state index contributed by atoms with van der Waals surface area (Å²) in [6.45, 7) is 4.78. The highest BCUT2D eigenvalue weighted by Crippen LogP contribution is 2.32. The van der Waals surface area contributed by atoms with Crippen molar-refractivity contribution in [2.24, 2.45) is 0 Å². The topological polar surface area (TPSA) is 113 Å². The van der Waals surface area contributed by atoms with Crippen LogP contribution in [0, 0.1) is 5.82 Å². The van der Waals surface area contributed by atoms with Crippen molar-refractivity contribution >= 4 is 38.4 Å². The molecule has 2 aliphatic heterocycles. The Hall–Kier alpha value is -2.64. The zero-order valence-corrected chi connectivity index (χ0v) is 20.8. The maximum Gasteiger partial charge on any atom is 0.338 e. The van der Waals surface area contributed by atoms with Crippen LogP contribution in [-0.4, -0.2) is 57.4 Å². The molecule has 13 heteroatoms. The molecular weight excluding hydrogens is 533 g/mol. The average molecular weight is 554 g/mol. The molecule has 1 aromatic carbocycles. The highest BCUT2D eigenvalue weighted by molar-refractivity contribution is 9.10. The van der Waals surface area contributed by atoms with Gasteiger partial charge in [-0.2, -0.15) is 4.98 Å². The van der Waals surface area contributed by atoms with Gasteiger partial charge in [-0.05, 0) is 28.1 Å². The number of carbonyl (C=O) groups is 1. The molecule has 2 fully saturated rings. The number of cyclic esters (lactones) is 1. The zero-order valence-electron chi connectivity index (χ0n) is 18.4. The molecule has 0 unspecified atom stereocenters. The van der Waals surface area contributed by atoms with Gasteiger partial charge in [0.25, 0.3) is 0 Å². The molecule has 1 atom stereocenters. The molecular formula is C21H21BrFN5O5S. The maximum absolute atomic E-state index is 13.5. The summed E-state index contributed by atoms with van der Waals surface area (Å²) in [5.74, 6) is -0.692. The van der Waals surface area contributed by atoms with Crippen LogP contribution in [0.15, 0.2) is 27.2 Å². The molecule has 2 aromatic heterocycles. The van der Waals surface area contributed by atoms with Gasteiger partial charge in [-0.25, -0.2) is 9.18 Å². The Balaban J connectivity index is 1.18. The van der Waals surface area contributed by atoms with Crippen LogP contribution in [0.4, 0.5) is 9.52 Å². The van der Waals surface area contributed by atoms with Crippen LogP contribution in [-0.2, 0) is 20.7 Å². The highest BCUT2D eigenvalue weighted by atomic mass is 79.9. The molecule has 10 nitrogen and oxygen atoms in total. The molecule has 0 amide bonds. The second-order valence-electron chi connectivity index (χ2n) is 8.41. The average Bonchev–Trinajstić information content (AvgIpc) is 3.51. The van der Waals surface area contributed by atoms with E-state index in [0.717, 1.165) is 35.5 Å². The Labute approximate surface area is 206 Å². The molecule has 5 rings (SSSR count). The molecule has 0 spiro atoms. The Morgan fingerprint density at radius 1 is 1.29 bits per heavy atom. The quantitative estimate of drug-likeness (QED) is 0.418. The van der Waals surface area contributed by atoms with Crippen molar-refractivity contribution in [3.8, 4) is 16.6 Å². The SMILES string of the molecule is CC1(C)OC(=O)[C@@H](Cc2nc(-c3nnc(N4CCC(Oc5cc(F)ccc5Br)CC4)s3)no2)O1. The van der Waals surface area contributed by atoms with Gasteiger partial charge in [0.15, 0.2) is 11.1 Å². The number of ether oxygens (including phenoxy) is 3. The normalized spacial score (nSPS) is 20.5. The third-order valence-electron chi connectivity index (χ3n) is 5.37. The molecule has 4 heterocycles. The summed E-state index contributed by atoms with van der Waals surface area (Å²) >= 11 is 4.75. The Kier molecular flexibility index (Phi) is 6.25. The summed E-state index contributed by atoms with van der Waals surface area (Å²) < 4.78 is 36.2. The number of esters is 1. The van der Waals surface area contributed by atoms with Gasteiger partial charge in [-0.1, -0.05) is 16.5 Å². The summed E-state index contributed by atoms with van der Waals surface area (Å²) in [4.78, 5) is 18.4. The molecule has 0 N–H and O–H groups in total. The van der Waals surface area contributed by atoms with Crippen molar-refractivity contribution in [1.29, 1.82) is 0 Å². The number of rotatable bonds is 6. The van der Waals surface area contributed by atoms with E-state index >= 15 is 0 Å². The lowest BCUT2D eigenvalue weighted by Gasteiger charge is -2.31. The number of hydrogen-bond acceptors (Lipinski definition) is 11. The number of anilines is 1. The van der Waals surface area contributed by atoms with E-state index in [1.807, 2.05) is 0 Å². The van der Waals surface area contributed by atoms with Gasteiger partial charge in [0.1, 0.15) is 17.7 Å². The molecule has 2 saturated heterocycles. The van der Waals surface area contributed by atoms with Crippen molar-refractivity contribution in [3.63, 3.8) is 0 Å². The summed E-state index contributed by atoms with van der Waals surface area (Å²) in [6.07, 6.45) is 0.840. The van der Waals surface area contributed by atoms with Crippen LogP contribution in [0.5, 0.6) is 5.75 Å². The number of benzene rings is 1. The van der Waals surface area contributed by atoms with Crippen molar-refractivity contribution in [3.05, 3.63) is 34.4 Å². The molecule has 0 saturated carbocycles. The summed E-state index contributed by atoms with van der Waals surface area (Å²) in [5, 5.41) is 13.7. The Morgan fingerprint density at radius 2 is 2.09 bits per heavy atom. The van der Waals surface area contributed by atoms with Gasteiger partial charge < -0.3 is 23.6 Å². The summed E-state index contributed by atoms with van der Waals surface area (Å²) in [5.41, 5.74) is 0. The van der Waals surface area contributed by atoms with Gasteiger partial charge in [0.2, 0.25) is 22.6 Å². The van der Waals surface area contributed by atoms with Crippen molar-refractivity contribution in [2.45, 2.75) is 51.1 Å². The lowest BCUT2D eigenvalue weighted by molar-refractivity contribution is -0.160. The Morgan fingerprint density at radius 3 is 2.82 bits per heavy atom. The van der Waals surface area contributed by atoms with E-state index in [4.69, 9.17) is 18.7 Å². The fraction of sp³-hybridized carbons (Fsp3) is 0.476. The zero-order chi connectivity index (χ0) is 23.9. The number of aromatic nitrogens is 4. The lowest BCUT2D eigenvalue weighted by Crippen LogP contribution is -2.38. The third kappa shape index (κ3) is 5.05.